The Bertz CT molecular complexity index is 819. The molecule has 0 saturated carbocycles. The van der Waals surface area contributed by atoms with Gasteiger partial charge in [-0.05, 0) is 44.9 Å². The smallest absolute Gasteiger partial charge is 0.261 e. The van der Waals surface area contributed by atoms with Crippen LogP contribution in [0.3, 0.4) is 0 Å². The standard InChI is InChI=1S/C20H29FN4O/c1-4-6-18(24-11-9-14(3)22-10-12-24)19-23-17-8-7-15(21)13-16(17)20(26)25(19)5-2/h7-8,13-14,18,22H,4-6,9-12H2,1-3H3/t14-,18-/m1/s1. The molecule has 142 valence electrons. The average Bonchev–Trinajstić information content (AvgIpc) is 2.85. The number of rotatable bonds is 5. The second-order valence-electron chi connectivity index (χ2n) is 7.17. The van der Waals surface area contributed by atoms with Crippen LogP contribution in [-0.4, -0.2) is 40.1 Å². The first-order valence-electron chi connectivity index (χ1n) is 9.72. The maximum atomic E-state index is 13.6. The molecule has 1 saturated heterocycles. The molecule has 0 amide bonds. The topological polar surface area (TPSA) is 50.2 Å². The summed E-state index contributed by atoms with van der Waals surface area (Å²) in [7, 11) is 0. The summed E-state index contributed by atoms with van der Waals surface area (Å²) in [5, 5.41) is 3.88. The minimum Gasteiger partial charge on any atom is -0.313 e. The second-order valence-corrected chi connectivity index (χ2v) is 7.17. The summed E-state index contributed by atoms with van der Waals surface area (Å²) < 4.78 is 15.3. The lowest BCUT2D eigenvalue weighted by Crippen LogP contribution is -2.37. The lowest BCUT2D eigenvalue weighted by atomic mass is 10.1. The number of benzene rings is 1. The van der Waals surface area contributed by atoms with Crippen molar-refractivity contribution in [3.05, 3.63) is 40.2 Å². The van der Waals surface area contributed by atoms with Gasteiger partial charge in [-0.25, -0.2) is 9.37 Å². The Balaban J connectivity index is 2.09. The maximum Gasteiger partial charge on any atom is 0.261 e. The minimum absolute atomic E-state index is 0.106. The Kier molecular flexibility index (Phi) is 6.04. The highest BCUT2D eigenvalue weighted by atomic mass is 19.1. The Morgan fingerprint density at radius 2 is 2.15 bits per heavy atom. The van der Waals surface area contributed by atoms with Crippen molar-refractivity contribution in [2.75, 3.05) is 19.6 Å². The molecular formula is C20H29FN4O. The van der Waals surface area contributed by atoms with Gasteiger partial charge in [-0.3, -0.25) is 14.3 Å². The number of nitrogens with one attached hydrogen (secondary N) is 1. The molecule has 1 aliphatic heterocycles. The molecule has 0 spiro atoms. The molecular weight excluding hydrogens is 331 g/mol. The van der Waals surface area contributed by atoms with Crippen molar-refractivity contribution in [2.24, 2.45) is 0 Å². The molecule has 2 atom stereocenters. The zero-order chi connectivity index (χ0) is 18.7. The highest BCUT2D eigenvalue weighted by Gasteiger charge is 2.26. The maximum absolute atomic E-state index is 13.6. The summed E-state index contributed by atoms with van der Waals surface area (Å²) in [6.45, 7) is 9.73. The molecule has 1 aromatic carbocycles. The van der Waals surface area contributed by atoms with Crippen molar-refractivity contribution in [1.82, 2.24) is 19.8 Å². The third kappa shape index (κ3) is 3.81. The monoisotopic (exact) mass is 360 g/mol. The fraction of sp³-hybridized carbons (Fsp3) is 0.600. The van der Waals surface area contributed by atoms with Gasteiger partial charge in [0.05, 0.1) is 16.9 Å². The molecule has 0 bridgehead atoms. The van der Waals surface area contributed by atoms with Crippen LogP contribution in [0.1, 0.15) is 51.9 Å². The number of hydrogen-bond acceptors (Lipinski definition) is 4. The van der Waals surface area contributed by atoms with E-state index in [9.17, 15) is 9.18 Å². The Morgan fingerprint density at radius 1 is 1.35 bits per heavy atom. The van der Waals surface area contributed by atoms with E-state index in [-0.39, 0.29) is 11.6 Å². The third-order valence-electron chi connectivity index (χ3n) is 5.30. The van der Waals surface area contributed by atoms with Crippen LogP contribution in [0.25, 0.3) is 10.9 Å². The first-order valence-corrected chi connectivity index (χ1v) is 9.72. The van der Waals surface area contributed by atoms with Gasteiger partial charge in [0.1, 0.15) is 11.6 Å². The Hall–Kier alpha value is -1.79. The van der Waals surface area contributed by atoms with Crippen LogP contribution in [0.2, 0.25) is 0 Å². The quantitative estimate of drug-likeness (QED) is 0.890. The van der Waals surface area contributed by atoms with Crippen molar-refractivity contribution in [2.45, 2.75) is 58.7 Å². The number of fused-ring (bicyclic) bond motifs is 1. The summed E-state index contributed by atoms with van der Waals surface area (Å²) in [4.78, 5) is 20.2. The number of nitrogens with zero attached hydrogens (tertiary/aromatic N) is 3. The van der Waals surface area contributed by atoms with Crippen LogP contribution in [0.4, 0.5) is 4.39 Å². The first kappa shape index (κ1) is 19.0. The van der Waals surface area contributed by atoms with Crippen molar-refractivity contribution in [3.8, 4) is 0 Å². The lowest BCUT2D eigenvalue weighted by Gasteiger charge is -2.31. The third-order valence-corrected chi connectivity index (χ3v) is 5.30. The van der Waals surface area contributed by atoms with Crippen molar-refractivity contribution in [3.63, 3.8) is 0 Å². The molecule has 1 aliphatic rings. The van der Waals surface area contributed by atoms with Crippen LogP contribution in [0.15, 0.2) is 23.0 Å². The van der Waals surface area contributed by atoms with Crippen molar-refractivity contribution >= 4 is 10.9 Å². The van der Waals surface area contributed by atoms with Crippen LogP contribution in [0.5, 0.6) is 0 Å². The van der Waals surface area contributed by atoms with Crippen LogP contribution < -0.4 is 10.9 Å². The molecule has 1 fully saturated rings. The van der Waals surface area contributed by atoms with Gasteiger partial charge in [-0.15, -0.1) is 0 Å². The Labute approximate surface area is 154 Å². The summed E-state index contributed by atoms with van der Waals surface area (Å²) in [6.07, 6.45) is 3.05. The van der Waals surface area contributed by atoms with Gasteiger partial charge in [0.2, 0.25) is 0 Å². The van der Waals surface area contributed by atoms with Gasteiger partial charge in [0, 0.05) is 32.2 Å². The predicted molar refractivity (Wildman–Crippen MR) is 103 cm³/mol. The molecule has 0 aliphatic carbocycles. The van der Waals surface area contributed by atoms with Gasteiger partial charge in [0.15, 0.2) is 0 Å². The lowest BCUT2D eigenvalue weighted by molar-refractivity contribution is 0.184. The normalized spacial score (nSPS) is 20.2. The van der Waals surface area contributed by atoms with Gasteiger partial charge in [-0.2, -0.15) is 0 Å². The van der Waals surface area contributed by atoms with Gasteiger partial charge >= 0.3 is 0 Å². The highest BCUT2D eigenvalue weighted by molar-refractivity contribution is 5.77. The molecule has 2 aromatic rings. The molecule has 26 heavy (non-hydrogen) atoms. The molecule has 6 heteroatoms. The fourth-order valence-electron chi connectivity index (χ4n) is 3.86. The van der Waals surface area contributed by atoms with E-state index in [0.29, 0.717) is 23.5 Å². The van der Waals surface area contributed by atoms with Crippen molar-refractivity contribution in [1.29, 1.82) is 0 Å². The molecule has 5 nitrogen and oxygen atoms in total. The fourth-order valence-corrected chi connectivity index (χ4v) is 3.86. The molecule has 2 heterocycles. The van der Waals surface area contributed by atoms with E-state index < -0.39 is 5.82 Å². The van der Waals surface area contributed by atoms with Crippen LogP contribution in [-0.2, 0) is 6.54 Å². The van der Waals surface area contributed by atoms with E-state index in [4.69, 9.17) is 4.98 Å². The summed E-state index contributed by atoms with van der Waals surface area (Å²) >= 11 is 0. The average molecular weight is 360 g/mol. The van der Waals surface area contributed by atoms with E-state index in [2.05, 4.69) is 24.1 Å². The van der Waals surface area contributed by atoms with E-state index in [1.54, 1.807) is 10.6 Å². The number of aromatic nitrogens is 2. The first-order chi connectivity index (χ1) is 12.5. The van der Waals surface area contributed by atoms with E-state index >= 15 is 0 Å². The summed E-state index contributed by atoms with van der Waals surface area (Å²) in [5.74, 6) is 0.414. The zero-order valence-electron chi connectivity index (χ0n) is 16.0. The Morgan fingerprint density at radius 3 is 2.88 bits per heavy atom. The SMILES string of the molecule is CCC[C@H](c1nc2ccc(F)cc2c(=O)n1CC)N1CCN[C@H](C)CC1. The van der Waals surface area contributed by atoms with Gasteiger partial charge in [0.25, 0.3) is 5.56 Å². The molecule has 1 aromatic heterocycles. The molecule has 0 radical (unpaired) electrons. The van der Waals surface area contributed by atoms with Gasteiger partial charge < -0.3 is 5.32 Å². The van der Waals surface area contributed by atoms with E-state index in [1.807, 2.05) is 6.92 Å². The molecule has 1 N–H and O–H groups in total. The zero-order valence-corrected chi connectivity index (χ0v) is 16.0. The number of halogens is 1. The van der Waals surface area contributed by atoms with Crippen LogP contribution in [0, 0.1) is 5.82 Å². The molecule has 0 unspecified atom stereocenters. The highest BCUT2D eigenvalue weighted by Crippen LogP contribution is 2.26. The summed E-state index contributed by atoms with van der Waals surface area (Å²) in [5.41, 5.74) is 0.438. The molecule has 3 rings (SSSR count). The van der Waals surface area contributed by atoms with Crippen LogP contribution >= 0.6 is 0 Å². The second kappa shape index (κ2) is 8.27. The minimum atomic E-state index is -0.399. The number of hydrogen-bond donors (Lipinski definition) is 1. The predicted octanol–water partition coefficient (Wildman–Crippen LogP) is 3.08. The van der Waals surface area contributed by atoms with Gasteiger partial charge in [-0.1, -0.05) is 13.3 Å². The van der Waals surface area contributed by atoms with E-state index in [0.717, 1.165) is 44.7 Å². The van der Waals surface area contributed by atoms with E-state index in [1.165, 1.54) is 12.1 Å². The van der Waals surface area contributed by atoms with Crippen molar-refractivity contribution < 1.29 is 4.39 Å². The largest absolute Gasteiger partial charge is 0.313 e. The summed E-state index contributed by atoms with van der Waals surface area (Å²) in [6, 6.07) is 4.90.